The highest BCUT2D eigenvalue weighted by Crippen LogP contribution is 2.48. The van der Waals surface area contributed by atoms with Gasteiger partial charge in [-0.25, -0.2) is 0 Å². The van der Waals surface area contributed by atoms with Gasteiger partial charge in [0.1, 0.15) is 5.75 Å². The van der Waals surface area contributed by atoms with Crippen LogP contribution < -0.4 is 10.1 Å². The Morgan fingerprint density at radius 3 is 2.45 bits per heavy atom. The van der Waals surface area contributed by atoms with Gasteiger partial charge in [-0.05, 0) is 36.5 Å². The van der Waals surface area contributed by atoms with E-state index in [4.69, 9.17) is 9.47 Å². The summed E-state index contributed by atoms with van der Waals surface area (Å²) >= 11 is 0. The predicted molar refractivity (Wildman–Crippen MR) is 82.4 cm³/mol. The summed E-state index contributed by atoms with van der Waals surface area (Å²) in [5, 5.41) is 3.54. The second kappa shape index (κ2) is 7.09. The fourth-order valence-electron chi connectivity index (χ4n) is 3.26. The molecular weight excluding hydrogens is 250 g/mol. The van der Waals surface area contributed by atoms with Crippen LogP contribution in [0.2, 0.25) is 0 Å². The Hall–Kier alpha value is -1.06. The van der Waals surface area contributed by atoms with E-state index in [1.54, 1.807) is 14.2 Å². The second-order valence-corrected chi connectivity index (χ2v) is 5.86. The van der Waals surface area contributed by atoms with E-state index in [1.807, 2.05) is 0 Å². The molecule has 1 fully saturated rings. The summed E-state index contributed by atoms with van der Waals surface area (Å²) in [5.41, 5.74) is 1.74. The third kappa shape index (κ3) is 3.33. The topological polar surface area (TPSA) is 30.5 Å². The van der Waals surface area contributed by atoms with Crippen LogP contribution >= 0.6 is 0 Å². The predicted octanol–water partition coefficient (Wildman–Crippen LogP) is 2.99. The van der Waals surface area contributed by atoms with E-state index in [2.05, 4.69) is 36.5 Å². The molecule has 1 aromatic rings. The summed E-state index contributed by atoms with van der Waals surface area (Å²) in [6, 6.07) is 8.60. The zero-order valence-electron chi connectivity index (χ0n) is 12.9. The van der Waals surface area contributed by atoms with Gasteiger partial charge in [0.15, 0.2) is 0 Å². The Labute approximate surface area is 122 Å². The number of ether oxygens (including phenoxy) is 2. The summed E-state index contributed by atoms with van der Waals surface area (Å²) < 4.78 is 10.4. The summed E-state index contributed by atoms with van der Waals surface area (Å²) in [5.74, 6) is 1.81. The molecule has 0 radical (unpaired) electrons. The van der Waals surface area contributed by atoms with E-state index in [-0.39, 0.29) is 0 Å². The molecule has 1 aliphatic rings. The van der Waals surface area contributed by atoms with Crippen molar-refractivity contribution in [3.63, 3.8) is 0 Å². The first-order valence-corrected chi connectivity index (χ1v) is 7.58. The molecule has 0 heterocycles. The van der Waals surface area contributed by atoms with E-state index in [0.29, 0.717) is 5.41 Å². The first-order valence-electron chi connectivity index (χ1n) is 7.58. The minimum atomic E-state index is 0.306. The average Bonchev–Trinajstić information content (AvgIpc) is 2.46. The first kappa shape index (κ1) is 15.3. The molecule has 0 saturated heterocycles. The minimum absolute atomic E-state index is 0.306. The van der Waals surface area contributed by atoms with Gasteiger partial charge >= 0.3 is 0 Å². The van der Waals surface area contributed by atoms with Crippen LogP contribution in [0.15, 0.2) is 24.3 Å². The summed E-state index contributed by atoms with van der Waals surface area (Å²) in [4.78, 5) is 0. The van der Waals surface area contributed by atoms with Crippen molar-refractivity contribution in [1.82, 2.24) is 5.32 Å². The van der Waals surface area contributed by atoms with Crippen LogP contribution in [0.1, 0.15) is 31.7 Å². The number of benzene rings is 1. The molecule has 3 heteroatoms. The van der Waals surface area contributed by atoms with Crippen molar-refractivity contribution in [1.29, 1.82) is 0 Å². The fourth-order valence-corrected chi connectivity index (χ4v) is 3.26. The quantitative estimate of drug-likeness (QED) is 0.741. The smallest absolute Gasteiger partial charge is 0.118 e. The fraction of sp³-hybridized carbons (Fsp3) is 0.647. The second-order valence-electron chi connectivity index (χ2n) is 5.86. The summed E-state index contributed by atoms with van der Waals surface area (Å²) in [7, 11) is 3.46. The Morgan fingerprint density at radius 1 is 1.20 bits per heavy atom. The molecule has 1 aromatic carbocycles. The van der Waals surface area contributed by atoms with Crippen LogP contribution in [0.5, 0.6) is 5.75 Å². The average molecular weight is 277 g/mol. The maximum absolute atomic E-state index is 5.26. The minimum Gasteiger partial charge on any atom is -0.497 e. The molecule has 1 saturated carbocycles. The van der Waals surface area contributed by atoms with Crippen molar-refractivity contribution in [3.8, 4) is 5.75 Å². The maximum atomic E-state index is 5.26. The summed E-state index contributed by atoms with van der Waals surface area (Å²) in [6.45, 7) is 5.03. The maximum Gasteiger partial charge on any atom is 0.118 e. The van der Waals surface area contributed by atoms with Gasteiger partial charge in [-0.1, -0.05) is 25.5 Å². The van der Waals surface area contributed by atoms with Crippen LogP contribution in [0, 0.1) is 5.92 Å². The normalized spacial score (nSPS) is 25.2. The van der Waals surface area contributed by atoms with Gasteiger partial charge in [-0.2, -0.15) is 0 Å². The van der Waals surface area contributed by atoms with E-state index >= 15 is 0 Å². The molecule has 0 atom stereocenters. The highest BCUT2D eigenvalue weighted by atomic mass is 16.5. The van der Waals surface area contributed by atoms with Crippen LogP contribution in [-0.2, 0) is 10.2 Å². The van der Waals surface area contributed by atoms with Crippen molar-refractivity contribution < 1.29 is 9.47 Å². The molecule has 1 N–H and O–H groups in total. The van der Waals surface area contributed by atoms with Gasteiger partial charge < -0.3 is 14.8 Å². The van der Waals surface area contributed by atoms with Crippen LogP contribution in [0.25, 0.3) is 0 Å². The Balaban J connectivity index is 2.02. The lowest BCUT2D eigenvalue weighted by Gasteiger charge is -2.48. The van der Waals surface area contributed by atoms with Gasteiger partial charge in [0.25, 0.3) is 0 Å². The van der Waals surface area contributed by atoms with Crippen molar-refractivity contribution in [2.75, 3.05) is 33.9 Å². The third-order valence-corrected chi connectivity index (χ3v) is 4.58. The number of rotatable bonds is 8. The lowest BCUT2D eigenvalue weighted by atomic mass is 9.58. The van der Waals surface area contributed by atoms with Crippen LogP contribution in [0.4, 0.5) is 0 Å². The highest BCUT2D eigenvalue weighted by molar-refractivity contribution is 5.35. The number of hydrogen-bond acceptors (Lipinski definition) is 3. The van der Waals surface area contributed by atoms with E-state index in [9.17, 15) is 0 Å². The van der Waals surface area contributed by atoms with Gasteiger partial charge in [0.2, 0.25) is 0 Å². The highest BCUT2D eigenvalue weighted by Gasteiger charge is 2.44. The molecular formula is C17H27NO2. The van der Waals surface area contributed by atoms with Gasteiger partial charge in [-0.3, -0.25) is 0 Å². The van der Waals surface area contributed by atoms with Crippen molar-refractivity contribution >= 4 is 0 Å². The molecule has 112 valence electrons. The van der Waals surface area contributed by atoms with E-state index in [1.165, 1.54) is 24.8 Å². The first-order chi connectivity index (χ1) is 9.74. The molecule has 1 aliphatic carbocycles. The third-order valence-electron chi connectivity index (χ3n) is 4.58. The van der Waals surface area contributed by atoms with Crippen molar-refractivity contribution in [2.24, 2.45) is 5.92 Å². The Morgan fingerprint density at radius 2 is 1.90 bits per heavy atom. The molecule has 0 spiro atoms. The van der Waals surface area contributed by atoms with Crippen LogP contribution in [-0.4, -0.2) is 33.9 Å². The van der Waals surface area contributed by atoms with Gasteiger partial charge in [0.05, 0.1) is 13.7 Å². The monoisotopic (exact) mass is 277 g/mol. The summed E-state index contributed by atoms with van der Waals surface area (Å²) in [6.07, 6.45) is 3.86. The number of methoxy groups -OCH3 is 2. The molecule has 3 nitrogen and oxygen atoms in total. The lowest BCUT2D eigenvalue weighted by molar-refractivity contribution is 0.128. The van der Waals surface area contributed by atoms with Gasteiger partial charge in [0, 0.05) is 25.6 Å². The van der Waals surface area contributed by atoms with Gasteiger partial charge in [-0.15, -0.1) is 0 Å². The largest absolute Gasteiger partial charge is 0.497 e. The molecule has 0 aromatic heterocycles. The SMILES string of the molecule is CCC1CC(CNCCOC)(c2ccc(OC)cc2)C1. The van der Waals surface area contributed by atoms with Crippen LogP contribution in [0.3, 0.4) is 0 Å². The van der Waals surface area contributed by atoms with E-state index < -0.39 is 0 Å². The van der Waals surface area contributed by atoms with Crippen molar-refractivity contribution in [3.05, 3.63) is 29.8 Å². The Bertz CT molecular complexity index is 396. The standard InChI is InChI=1S/C17H27NO2/c1-4-14-11-17(12-14,13-18-9-10-19-2)15-5-7-16(20-3)8-6-15/h5-8,14,18H,4,9-13H2,1-3H3. The molecule has 0 amide bonds. The number of hydrogen-bond donors (Lipinski definition) is 1. The molecule has 0 unspecified atom stereocenters. The Kier molecular flexibility index (Phi) is 5.44. The zero-order chi connectivity index (χ0) is 14.4. The molecule has 0 aliphatic heterocycles. The molecule has 2 rings (SSSR count). The zero-order valence-corrected chi connectivity index (χ0v) is 12.9. The lowest BCUT2D eigenvalue weighted by Crippen LogP contribution is -2.49. The van der Waals surface area contributed by atoms with Crippen molar-refractivity contribution in [2.45, 2.75) is 31.6 Å². The number of nitrogens with one attached hydrogen (secondary N) is 1. The molecule has 0 bridgehead atoms. The van der Waals surface area contributed by atoms with E-state index in [0.717, 1.165) is 31.4 Å². The molecule has 20 heavy (non-hydrogen) atoms.